The topological polar surface area (TPSA) is 46.2 Å². The Morgan fingerprint density at radius 3 is 2.06 bits per heavy atom. The first-order valence-electron chi connectivity index (χ1n) is 5.50. The van der Waals surface area contributed by atoms with Crippen LogP contribution >= 0.6 is 12.4 Å². The highest BCUT2D eigenvalue weighted by Crippen LogP contribution is 2.37. The van der Waals surface area contributed by atoms with E-state index in [1.807, 2.05) is 0 Å². The highest BCUT2D eigenvalue weighted by molar-refractivity contribution is 5.85. The summed E-state index contributed by atoms with van der Waals surface area (Å²) in [5.74, 6) is 0.201. The van der Waals surface area contributed by atoms with Gasteiger partial charge in [0.25, 0.3) is 0 Å². The van der Waals surface area contributed by atoms with Crippen LogP contribution in [0.4, 0.5) is 13.2 Å². The van der Waals surface area contributed by atoms with E-state index in [1.165, 1.54) is 12.1 Å². The van der Waals surface area contributed by atoms with Gasteiger partial charge in [0.1, 0.15) is 0 Å². The molecule has 2 nitrogen and oxygen atoms in total. The van der Waals surface area contributed by atoms with Crippen molar-refractivity contribution >= 4 is 12.4 Å². The molecule has 0 unspecified atom stereocenters. The summed E-state index contributed by atoms with van der Waals surface area (Å²) in [7, 11) is 0. The van der Waals surface area contributed by atoms with Crippen molar-refractivity contribution in [2.75, 3.05) is 0 Å². The van der Waals surface area contributed by atoms with E-state index >= 15 is 0 Å². The van der Waals surface area contributed by atoms with Crippen molar-refractivity contribution in [1.82, 2.24) is 0 Å². The molecule has 3 N–H and O–H groups in total. The number of aliphatic hydroxyl groups is 1. The standard InChI is InChI=1S/C12H14F3NO.ClH/c13-12(14,15)9-5-3-7(4-6-9)10(16)11(17)8-1-2-8;/h3-6,8,10-11,17H,1-2,16H2;1H/t10-,11+;/m1./s1. The van der Waals surface area contributed by atoms with Crippen LogP contribution in [0.3, 0.4) is 0 Å². The molecule has 0 heterocycles. The molecule has 0 aliphatic heterocycles. The zero-order valence-electron chi connectivity index (χ0n) is 9.52. The van der Waals surface area contributed by atoms with Gasteiger partial charge in [0.15, 0.2) is 0 Å². The van der Waals surface area contributed by atoms with Gasteiger partial charge >= 0.3 is 6.18 Å². The number of benzene rings is 1. The molecular formula is C12H15ClF3NO. The Kier molecular flexibility index (Phi) is 4.64. The summed E-state index contributed by atoms with van der Waals surface area (Å²) in [6.45, 7) is 0. The van der Waals surface area contributed by atoms with Gasteiger partial charge in [-0.15, -0.1) is 12.4 Å². The maximum Gasteiger partial charge on any atom is 0.416 e. The predicted molar refractivity (Wildman–Crippen MR) is 64.4 cm³/mol. The first kappa shape index (κ1) is 15.3. The molecule has 1 aromatic rings. The van der Waals surface area contributed by atoms with Crippen molar-refractivity contribution in [3.05, 3.63) is 35.4 Å². The Morgan fingerprint density at radius 1 is 1.17 bits per heavy atom. The zero-order chi connectivity index (χ0) is 12.6. The quantitative estimate of drug-likeness (QED) is 0.895. The number of hydrogen-bond donors (Lipinski definition) is 2. The molecule has 2 atom stereocenters. The van der Waals surface area contributed by atoms with E-state index in [0.717, 1.165) is 25.0 Å². The summed E-state index contributed by atoms with van der Waals surface area (Å²) in [5.41, 5.74) is 5.65. The molecule has 1 saturated carbocycles. The van der Waals surface area contributed by atoms with E-state index in [0.29, 0.717) is 5.56 Å². The summed E-state index contributed by atoms with van der Waals surface area (Å²) in [4.78, 5) is 0. The summed E-state index contributed by atoms with van der Waals surface area (Å²) < 4.78 is 37.0. The molecule has 102 valence electrons. The van der Waals surface area contributed by atoms with Crippen LogP contribution in [0.1, 0.15) is 30.0 Å². The smallest absolute Gasteiger partial charge is 0.391 e. The van der Waals surface area contributed by atoms with Crippen LogP contribution in [0.25, 0.3) is 0 Å². The van der Waals surface area contributed by atoms with Gasteiger partial charge < -0.3 is 10.8 Å². The molecular weight excluding hydrogens is 267 g/mol. The number of alkyl halides is 3. The van der Waals surface area contributed by atoms with Gasteiger partial charge in [-0.2, -0.15) is 13.2 Å². The molecule has 1 fully saturated rings. The number of nitrogens with two attached hydrogens (primary N) is 1. The molecule has 0 saturated heterocycles. The van der Waals surface area contributed by atoms with E-state index in [-0.39, 0.29) is 18.3 Å². The van der Waals surface area contributed by atoms with Crippen molar-refractivity contribution in [3.8, 4) is 0 Å². The average molecular weight is 282 g/mol. The Hall–Kier alpha value is -0.780. The molecule has 0 aromatic heterocycles. The molecule has 0 radical (unpaired) electrons. The van der Waals surface area contributed by atoms with Gasteiger partial charge in [0.05, 0.1) is 17.7 Å². The minimum atomic E-state index is -4.34. The lowest BCUT2D eigenvalue weighted by atomic mass is 9.98. The molecule has 2 rings (SSSR count). The summed E-state index contributed by atoms with van der Waals surface area (Å²) in [5, 5.41) is 9.79. The summed E-state index contributed by atoms with van der Waals surface area (Å²) in [6, 6.07) is 4.05. The van der Waals surface area contributed by atoms with Gasteiger partial charge in [-0.1, -0.05) is 12.1 Å². The minimum absolute atomic E-state index is 0. The lowest BCUT2D eigenvalue weighted by Crippen LogP contribution is -2.27. The monoisotopic (exact) mass is 281 g/mol. The predicted octanol–water partition coefficient (Wildman–Crippen LogP) is 2.90. The molecule has 0 bridgehead atoms. The van der Waals surface area contributed by atoms with Gasteiger partial charge in [0, 0.05) is 0 Å². The van der Waals surface area contributed by atoms with Crippen molar-refractivity contribution in [3.63, 3.8) is 0 Å². The van der Waals surface area contributed by atoms with Gasteiger partial charge in [-0.25, -0.2) is 0 Å². The van der Waals surface area contributed by atoms with Crippen LogP contribution in [0.5, 0.6) is 0 Å². The van der Waals surface area contributed by atoms with Crippen LogP contribution in [-0.4, -0.2) is 11.2 Å². The van der Waals surface area contributed by atoms with E-state index in [1.54, 1.807) is 0 Å². The maximum absolute atomic E-state index is 12.3. The van der Waals surface area contributed by atoms with Crippen LogP contribution < -0.4 is 5.73 Å². The van der Waals surface area contributed by atoms with Crippen molar-refractivity contribution in [2.24, 2.45) is 11.7 Å². The lowest BCUT2D eigenvalue weighted by Gasteiger charge is -2.19. The zero-order valence-corrected chi connectivity index (χ0v) is 10.3. The van der Waals surface area contributed by atoms with Gasteiger partial charge in [-0.3, -0.25) is 0 Å². The third-order valence-corrected chi connectivity index (χ3v) is 3.10. The number of hydrogen-bond acceptors (Lipinski definition) is 2. The molecule has 1 aliphatic carbocycles. The van der Waals surface area contributed by atoms with Crippen LogP contribution in [0, 0.1) is 5.92 Å². The van der Waals surface area contributed by atoms with Crippen molar-refractivity contribution in [2.45, 2.75) is 31.2 Å². The molecule has 0 spiro atoms. The fourth-order valence-electron chi connectivity index (χ4n) is 1.82. The SMILES string of the molecule is Cl.N[C@H](c1ccc(C(F)(F)F)cc1)[C@@H](O)C1CC1. The molecule has 18 heavy (non-hydrogen) atoms. The minimum Gasteiger partial charge on any atom is -0.391 e. The normalized spacial score (nSPS) is 18.9. The Bertz CT molecular complexity index is 389. The molecule has 6 heteroatoms. The Labute approximate surface area is 109 Å². The summed E-state index contributed by atoms with van der Waals surface area (Å²) >= 11 is 0. The highest BCUT2D eigenvalue weighted by atomic mass is 35.5. The first-order valence-corrected chi connectivity index (χ1v) is 5.50. The lowest BCUT2D eigenvalue weighted by molar-refractivity contribution is -0.137. The number of aliphatic hydroxyl groups excluding tert-OH is 1. The van der Waals surface area contributed by atoms with E-state index < -0.39 is 23.9 Å². The van der Waals surface area contributed by atoms with Crippen molar-refractivity contribution in [1.29, 1.82) is 0 Å². The van der Waals surface area contributed by atoms with Gasteiger partial charge in [-0.05, 0) is 36.5 Å². The largest absolute Gasteiger partial charge is 0.416 e. The van der Waals surface area contributed by atoms with Crippen molar-refractivity contribution < 1.29 is 18.3 Å². The average Bonchev–Trinajstić information content (AvgIpc) is 3.10. The fourth-order valence-corrected chi connectivity index (χ4v) is 1.82. The molecule has 1 aliphatic rings. The Balaban J connectivity index is 0.00000162. The molecule has 1 aromatic carbocycles. The highest BCUT2D eigenvalue weighted by Gasteiger charge is 2.35. The molecule has 0 amide bonds. The van der Waals surface area contributed by atoms with Gasteiger partial charge in [0.2, 0.25) is 0 Å². The maximum atomic E-state index is 12.3. The third kappa shape index (κ3) is 3.37. The second kappa shape index (κ2) is 5.47. The van der Waals surface area contributed by atoms with Crippen LogP contribution in [0.15, 0.2) is 24.3 Å². The van der Waals surface area contributed by atoms with Crippen LogP contribution in [0.2, 0.25) is 0 Å². The number of halogens is 4. The third-order valence-electron chi connectivity index (χ3n) is 3.10. The second-order valence-corrected chi connectivity index (χ2v) is 4.47. The Morgan fingerprint density at radius 2 is 1.67 bits per heavy atom. The van der Waals surface area contributed by atoms with Crippen LogP contribution in [-0.2, 0) is 6.18 Å². The fraction of sp³-hybridized carbons (Fsp3) is 0.500. The first-order chi connectivity index (χ1) is 7.89. The van der Waals surface area contributed by atoms with E-state index in [2.05, 4.69) is 0 Å². The van der Waals surface area contributed by atoms with E-state index in [9.17, 15) is 18.3 Å². The summed E-state index contributed by atoms with van der Waals surface area (Å²) in [6.07, 6.45) is -3.12. The number of rotatable bonds is 3. The second-order valence-electron chi connectivity index (χ2n) is 4.47. The van der Waals surface area contributed by atoms with E-state index in [4.69, 9.17) is 5.73 Å².